The van der Waals surface area contributed by atoms with Crippen molar-refractivity contribution in [1.29, 1.82) is 0 Å². The van der Waals surface area contributed by atoms with Crippen molar-refractivity contribution in [3.8, 4) is 0 Å². The molecule has 0 spiro atoms. The molecular formula is C19H23NO. The fraction of sp³-hybridized carbons (Fsp3) is 0.474. The van der Waals surface area contributed by atoms with Gasteiger partial charge >= 0.3 is 0 Å². The first kappa shape index (κ1) is 13.1. The van der Waals surface area contributed by atoms with Gasteiger partial charge < -0.3 is 9.73 Å². The van der Waals surface area contributed by atoms with Crippen LogP contribution < -0.4 is 5.32 Å². The Morgan fingerprint density at radius 3 is 2.95 bits per heavy atom. The first-order valence-electron chi connectivity index (χ1n) is 8.22. The molecule has 1 N–H and O–H groups in total. The highest BCUT2D eigenvalue weighted by Crippen LogP contribution is 2.61. The van der Waals surface area contributed by atoms with Crippen LogP contribution in [0.2, 0.25) is 0 Å². The molecular weight excluding hydrogens is 258 g/mol. The van der Waals surface area contributed by atoms with Crippen LogP contribution in [0.25, 0.3) is 0 Å². The van der Waals surface area contributed by atoms with E-state index in [9.17, 15) is 0 Å². The molecule has 0 amide bonds. The Labute approximate surface area is 126 Å². The van der Waals surface area contributed by atoms with E-state index in [1.807, 2.05) is 6.07 Å². The molecule has 0 bridgehead atoms. The van der Waals surface area contributed by atoms with Gasteiger partial charge in [0.1, 0.15) is 5.76 Å². The number of likely N-dealkylation sites (N-methyl/N-ethyl adjacent to an activating group) is 1. The lowest BCUT2D eigenvalue weighted by molar-refractivity contribution is 0.400. The second kappa shape index (κ2) is 5.34. The van der Waals surface area contributed by atoms with Gasteiger partial charge in [0.2, 0.25) is 0 Å². The number of hydrogen-bond acceptors (Lipinski definition) is 2. The van der Waals surface area contributed by atoms with Gasteiger partial charge in [0.25, 0.3) is 0 Å². The van der Waals surface area contributed by atoms with E-state index in [4.69, 9.17) is 4.42 Å². The third-order valence-corrected chi connectivity index (χ3v) is 5.32. The fourth-order valence-electron chi connectivity index (χ4n) is 4.42. The number of nitrogens with one attached hydrogen (secondary N) is 1. The predicted molar refractivity (Wildman–Crippen MR) is 84.4 cm³/mol. The summed E-state index contributed by atoms with van der Waals surface area (Å²) in [7, 11) is 0. The predicted octanol–water partition coefficient (Wildman–Crippen LogP) is 3.78. The van der Waals surface area contributed by atoms with Crippen molar-refractivity contribution < 1.29 is 4.42 Å². The lowest BCUT2D eigenvalue weighted by Gasteiger charge is -2.17. The van der Waals surface area contributed by atoms with E-state index in [2.05, 4.69) is 42.6 Å². The number of furan rings is 1. The normalized spacial score (nSPS) is 27.8. The molecule has 1 fully saturated rings. The first-order chi connectivity index (χ1) is 10.4. The van der Waals surface area contributed by atoms with Crippen molar-refractivity contribution in [3.63, 3.8) is 0 Å². The first-order valence-corrected chi connectivity index (χ1v) is 8.22. The van der Waals surface area contributed by atoms with Gasteiger partial charge in [-0.2, -0.15) is 0 Å². The van der Waals surface area contributed by atoms with Gasteiger partial charge in [0, 0.05) is 12.5 Å². The maximum absolute atomic E-state index is 5.57. The molecule has 2 aliphatic carbocycles. The van der Waals surface area contributed by atoms with Gasteiger partial charge in [-0.05, 0) is 60.4 Å². The topological polar surface area (TPSA) is 25.2 Å². The molecule has 1 heterocycles. The van der Waals surface area contributed by atoms with Crippen molar-refractivity contribution in [1.82, 2.24) is 5.32 Å². The molecule has 2 aromatic rings. The highest BCUT2D eigenvalue weighted by Gasteiger charge is 2.56. The van der Waals surface area contributed by atoms with Crippen LogP contribution in [0.1, 0.15) is 36.1 Å². The smallest absolute Gasteiger partial charge is 0.105 e. The molecule has 1 aromatic heterocycles. The molecule has 4 rings (SSSR count). The Kier molecular flexibility index (Phi) is 3.34. The summed E-state index contributed by atoms with van der Waals surface area (Å²) in [6.45, 7) is 3.23. The molecule has 2 nitrogen and oxygen atoms in total. The Balaban J connectivity index is 1.56. The zero-order chi connectivity index (χ0) is 14.2. The Hall–Kier alpha value is -1.54. The van der Waals surface area contributed by atoms with E-state index in [0.717, 1.165) is 36.5 Å². The zero-order valence-corrected chi connectivity index (χ0v) is 12.6. The largest absolute Gasteiger partial charge is 0.469 e. The molecule has 4 atom stereocenters. The van der Waals surface area contributed by atoms with Crippen LogP contribution in [-0.2, 0) is 12.8 Å². The summed E-state index contributed by atoms with van der Waals surface area (Å²) >= 11 is 0. The number of hydrogen-bond donors (Lipinski definition) is 1. The van der Waals surface area contributed by atoms with E-state index in [-0.39, 0.29) is 0 Å². The molecule has 0 radical (unpaired) electrons. The second-order valence-corrected chi connectivity index (χ2v) is 6.45. The molecule has 0 saturated heterocycles. The molecule has 4 unspecified atom stereocenters. The fourth-order valence-corrected chi connectivity index (χ4v) is 4.42. The van der Waals surface area contributed by atoms with E-state index >= 15 is 0 Å². The molecule has 110 valence electrons. The molecule has 2 heteroatoms. The van der Waals surface area contributed by atoms with Crippen LogP contribution in [0.3, 0.4) is 0 Å². The van der Waals surface area contributed by atoms with Crippen LogP contribution in [0.4, 0.5) is 0 Å². The van der Waals surface area contributed by atoms with Crippen LogP contribution in [0.5, 0.6) is 0 Å². The standard InChI is InChI=1S/C19H23NO/c1-2-20-17(12-14-7-5-11-21-14)19-16-10-9-13-6-3-4-8-15(13)18(16)19/h3-8,11,16-20H,2,9-10,12H2,1H3. The third kappa shape index (κ3) is 2.32. The summed E-state index contributed by atoms with van der Waals surface area (Å²) in [6.07, 6.45) is 5.41. The molecule has 21 heavy (non-hydrogen) atoms. The quantitative estimate of drug-likeness (QED) is 0.902. The van der Waals surface area contributed by atoms with Crippen molar-refractivity contribution in [2.45, 2.75) is 38.1 Å². The lowest BCUT2D eigenvalue weighted by atomic mass is 9.92. The van der Waals surface area contributed by atoms with E-state index in [1.165, 1.54) is 12.8 Å². The van der Waals surface area contributed by atoms with Gasteiger partial charge in [-0.15, -0.1) is 0 Å². The Bertz CT molecular complexity index is 604. The summed E-state index contributed by atoms with van der Waals surface area (Å²) in [5.41, 5.74) is 3.19. The second-order valence-electron chi connectivity index (χ2n) is 6.45. The summed E-state index contributed by atoms with van der Waals surface area (Å²) in [5, 5.41) is 3.71. The number of fused-ring (bicyclic) bond motifs is 3. The van der Waals surface area contributed by atoms with Crippen molar-refractivity contribution in [2.75, 3.05) is 6.54 Å². The van der Waals surface area contributed by atoms with E-state index in [1.54, 1.807) is 17.4 Å². The summed E-state index contributed by atoms with van der Waals surface area (Å²) in [5.74, 6) is 3.53. The van der Waals surface area contributed by atoms with Crippen LogP contribution in [0, 0.1) is 11.8 Å². The lowest BCUT2D eigenvalue weighted by Crippen LogP contribution is -2.33. The third-order valence-electron chi connectivity index (χ3n) is 5.32. The van der Waals surface area contributed by atoms with Crippen molar-refractivity contribution >= 4 is 0 Å². The van der Waals surface area contributed by atoms with E-state index < -0.39 is 0 Å². The minimum absolute atomic E-state index is 0.544. The minimum Gasteiger partial charge on any atom is -0.469 e. The van der Waals surface area contributed by atoms with Gasteiger partial charge in [-0.3, -0.25) is 0 Å². The number of rotatable bonds is 5. The van der Waals surface area contributed by atoms with Gasteiger partial charge in [0.05, 0.1) is 6.26 Å². The number of benzene rings is 1. The average molecular weight is 281 g/mol. The summed E-state index contributed by atoms with van der Waals surface area (Å²) in [6, 6.07) is 13.7. The summed E-state index contributed by atoms with van der Waals surface area (Å²) in [4.78, 5) is 0. The van der Waals surface area contributed by atoms with Gasteiger partial charge in [-0.25, -0.2) is 0 Å². The van der Waals surface area contributed by atoms with E-state index in [0.29, 0.717) is 6.04 Å². The number of aryl methyl sites for hydroxylation is 1. The average Bonchev–Trinajstić information content (AvgIpc) is 3.04. The Morgan fingerprint density at radius 1 is 1.24 bits per heavy atom. The minimum atomic E-state index is 0.544. The highest BCUT2D eigenvalue weighted by atomic mass is 16.3. The highest BCUT2D eigenvalue weighted by molar-refractivity contribution is 5.40. The van der Waals surface area contributed by atoms with Crippen molar-refractivity contribution in [2.24, 2.45) is 11.8 Å². The van der Waals surface area contributed by atoms with Gasteiger partial charge in [-0.1, -0.05) is 31.2 Å². The van der Waals surface area contributed by atoms with Gasteiger partial charge in [0.15, 0.2) is 0 Å². The maximum Gasteiger partial charge on any atom is 0.105 e. The SMILES string of the molecule is CCNC(Cc1ccco1)C1C2CCc3ccccc3C21. The Morgan fingerprint density at radius 2 is 2.14 bits per heavy atom. The molecule has 1 saturated carbocycles. The molecule has 1 aromatic carbocycles. The molecule has 0 aliphatic heterocycles. The van der Waals surface area contributed by atoms with Crippen LogP contribution >= 0.6 is 0 Å². The summed E-state index contributed by atoms with van der Waals surface area (Å²) < 4.78 is 5.57. The van der Waals surface area contributed by atoms with Crippen LogP contribution in [-0.4, -0.2) is 12.6 Å². The van der Waals surface area contributed by atoms with Crippen LogP contribution in [0.15, 0.2) is 47.1 Å². The zero-order valence-electron chi connectivity index (χ0n) is 12.6. The van der Waals surface area contributed by atoms with Crippen molar-refractivity contribution in [3.05, 3.63) is 59.5 Å². The molecule has 2 aliphatic rings. The monoisotopic (exact) mass is 281 g/mol. The maximum atomic E-state index is 5.57.